The predicted molar refractivity (Wildman–Crippen MR) is 190 cm³/mol. The Balaban J connectivity index is 1.22. The Kier molecular flexibility index (Phi) is 11.5. The number of hydrogen-bond donors (Lipinski definition) is 3. The van der Waals surface area contributed by atoms with Crippen molar-refractivity contribution in [3.05, 3.63) is 119 Å². The number of methoxy groups -OCH3 is 3. The molecule has 0 bridgehead atoms. The molecule has 244 valence electrons. The van der Waals surface area contributed by atoms with Gasteiger partial charge < -0.3 is 30.2 Å². The molecule has 0 unspecified atom stereocenters. The first-order valence-corrected chi connectivity index (χ1v) is 16.5. The van der Waals surface area contributed by atoms with Crippen LogP contribution in [0.5, 0.6) is 17.2 Å². The van der Waals surface area contributed by atoms with E-state index in [1.165, 1.54) is 37.3 Å². The minimum absolute atomic E-state index is 0.0299. The molecule has 10 nitrogen and oxygen atoms in total. The molecule has 0 fully saturated rings. The predicted octanol–water partition coefficient (Wildman–Crippen LogP) is 6.98. The van der Waals surface area contributed by atoms with Crippen LogP contribution in [0.15, 0.2) is 113 Å². The summed E-state index contributed by atoms with van der Waals surface area (Å²) in [4.78, 5) is 44.4. The first-order valence-electron chi connectivity index (χ1n) is 14.6. The number of anilines is 2. The second-order valence-corrected chi connectivity index (χ2v) is 12.0. The quantitative estimate of drug-likeness (QED) is 0.0899. The molecule has 48 heavy (non-hydrogen) atoms. The molecule has 12 heteroatoms. The molecule has 0 aliphatic heterocycles. The second-order valence-electron chi connectivity index (χ2n) is 10.0. The maximum absolute atomic E-state index is 13.4. The summed E-state index contributed by atoms with van der Waals surface area (Å²) in [5.74, 6) is 0.729. The number of aromatic nitrogens is 1. The Labute approximate surface area is 286 Å². The highest BCUT2D eigenvalue weighted by atomic mass is 32.2. The lowest BCUT2D eigenvalue weighted by atomic mass is 10.1. The fraction of sp³-hybridized carbons (Fsp3) is 0.111. The minimum Gasteiger partial charge on any atom is -0.496 e. The van der Waals surface area contributed by atoms with Crippen molar-refractivity contribution in [1.29, 1.82) is 0 Å². The Morgan fingerprint density at radius 1 is 0.792 bits per heavy atom. The monoisotopic (exact) mass is 680 g/mol. The van der Waals surface area contributed by atoms with E-state index >= 15 is 0 Å². The van der Waals surface area contributed by atoms with E-state index in [-0.39, 0.29) is 17.4 Å². The molecule has 3 N–H and O–H groups in total. The molecule has 1 heterocycles. The van der Waals surface area contributed by atoms with Crippen LogP contribution in [0.2, 0.25) is 0 Å². The average Bonchev–Trinajstić information content (AvgIpc) is 3.59. The van der Waals surface area contributed by atoms with E-state index in [0.29, 0.717) is 39.2 Å². The number of nitrogens with one attached hydrogen (secondary N) is 3. The summed E-state index contributed by atoms with van der Waals surface area (Å²) in [6.45, 7) is 0. The molecular weight excluding hydrogens is 649 g/mol. The molecule has 0 saturated carbocycles. The van der Waals surface area contributed by atoms with Crippen molar-refractivity contribution >= 4 is 57.7 Å². The average molecular weight is 681 g/mol. The number of amides is 3. The lowest BCUT2D eigenvalue weighted by Crippen LogP contribution is -2.30. The number of carbonyl (C=O) groups excluding carboxylic acids is 3. The van der Waals surface area contributed by atoms with Gasteiger partial charge in [0.25, 0.3) is 11.8 Å². The maximum Gasteiger partial charge on any atom is 0.272 e. The van der Waals surface area contributed by atoms with Crippen LogP contribution in [-0.2, 0) is 9.59 Å². The number of thioether (sulfide) groups is 1. The van der Waals surface area contributed by atoms with Crippen molar-refractivity contribution in [1.82, 2.24) is 10.3 Å². The number of nitrogens with zero attached hydrogens (tertiary/aromatic N) is 1. The smallest absolute Gasteiger partial charge is 0.272 e. The summed E-state index contributed by atoms with van der Waals surface area (Å²) >= 11 is 2.69. The molecule has 3 amide bonds. The lowest BCUT2D eigenvalue weighted by molar-refractivity contribution is -0.114. The van der Waals surface area contributed by atoms with Crippen molar-refractivity contribution in [3.63, 3.8) is 0 Å². The van der Waals surface area contributed by atoms with Crippen LogP contribution in [-0.4, -0.2) is 49.8 Å². The Bertz CT molecular complexity index is 1930. The normalized spacial score (nSPS) is 10.9. The lowest BCUT2D eigenvalue weighted by Gasteiger charge is -2.13. The van der Waals surface area contributed by atoms with Crippen molar-refractivity contribution in [3.8, 4) is 28.5 Å². The zero-order valence-electron chi connectivity index (χ0n) is 26.3. The Morgan fingerprint density at radius 2 is 1.50 bits per heavy atom. The highest BCUT2D eigenvalue weighted by Gasteiger charge is 2.16. The van der Waals surface area contributed by atoms with Gasteiger partial charge in [0.05, 0.1) is 32.8 Å². The van der Waals surface area contributed by atoms with Gasteiger partial charge in [-0.1, -0.05) is 36.4 Å². The van der Waals surface area contributed by atoms with Crippen LogP contribution in [0.4, 0.5) is 10.8 Å². The highest BCUT2D eigenvalue weighted by Crippen LogP contribution is 2.32. The SMILES string of the molecule is COc1ccc(/C=C(\NC(=O)c2ccccc2)C(=O)Nc2ccc(SCC(=O)Nc3nc(-c4ccccc4OC)cs3)cc2)cc1OC. The van der Waals surface area contributed by atoms with Gasteiger partial charge >= 0.3 is 0 Å². The summed E-state index contributed by atoms with van der Waals surface area (Å²) < 4.78 is 16.1. The van der Waals surface area contributed by atoms with Crippen molar-refractivity contribution in [2.75, 3.05) is 37.7 Å². The number of ether oxygens (including phenoxy) is 3. The highest BCUT2D eigenvalue weighted by molar-refractivity contribution is 8.00. The third-order valence-electron chi connectivity index (χ3n) is 6.86. The van der Waals surface area contributed by atoms with E-state index in [1.54, 1.807) is 86.0 Å². The molecule has 5 aromatic rings. The second kappa shape index (κ2) is 16.3. The molecule has 0 saturated heterocycles. The van der Waals surface area contributed by atoms with Crippen LogP contribution < -0.4 is 30.2 Å². The number of rotatable bonds is 13. The molecule has 4 aromatic carbocycles. The molecule has 0 radical (unpaired) electrons. The summed E-state index contributed by atoms with van der Waals surface area (Å²) in [5.41, 5.74) is 3.13. The number of benzene rings is 4. The van der Waals surface area contributed by atoms with Gasteiger partial charge in [0.15, 0.2) is 16.6 Å². The van der Waals surface area contributed by atoms with Crippen LogP contribution in [0.3, 0.4) is 0 Å². The Morgan fingerprint density at radius 3 is 2.23 bits per heavy atom. The van der Waals surface area contributed by atoms with E-state index in [1.807, 2.05) is 29.6 Å². The first kappa shape index (κ1) is 33.8. The third kappa shape index (κ3) is 8.81. The van der Waals surface area contributed by atoms with Crippen LogP contribution in [0.25, 0.3) is 17.3 Å². The molecule has 0 atom stereocenters. The van der Waals surface area contributed by atoms with E-state index < -0.39 is 11.8 Å². The van der Waals surface area contributed by atoms with E-state index in [4.69, 9.17) is 14.2 Å². The summed E-state index contributed by atoms with van der Waals surface area (Å²) in [5, 5.41) is 10.8. The zero-order valence-corrected chi connectivity index (χ0v) is 27.9. The fourth-order valence-electron chi connectivity index (χ4n) is 4.50. The van der Waals surface area contributed by atoms with Gasteiger partial charge in [-0.3, -0.25) is 14.4 Å². The van der Waals surface area contributed by atoms with E-state index in [0.717, 1.165) is 16.2 Å². The van der Waals surface area contributed by atoms with Gasteiger partial charge in [0.1, 0.15) is 11.4 Å². The molecule has 5 rings (SSSR count). The van der Waals surface area contributed by atoms with Crippen molar-refractivity contribution in [2.24, 2.45) is 0 Å². The topological polar surface area (TPSA) is 128 Å². The van der Waals surface area contributed by atoms with Crippen LogP contribution in [0, 0.1) is 0 Å². The molecular formula is C36H32N4O6S2. The van der Waals surface area contributed by atoms with Gasteiger partial charge in [-0.15, -0.1) is 23.1 Å². The van der Waals surface area contributed by atoms with Gasteiger partial charge in [0.2, 0.25) is 5.91 Å². The molecule has 0 aliphatic rings. The number of hydrogen-bond acceptors (Lipinski definition) is 9. The van der Waals surface area contributed by atoms with E-state index in [2.05, 4.69) is 20.9 Å². The van der Waals surface area contributed by atoms with E-state index in [9.17, 15) is 14.4 Å². The number of para-hydroxylation sites is 1. The summed E-state index contributed by atoms with van der Waals surface area (Å²) in [7, 11) is 4.66. The summed E-state index contributed by atoms with van der Waals surface area (Å²) in [6.07, 6.45) is 1.56. The maximum atomic E-state index is 13.4. The van der Waals surface area contributed by atoms with Crippen LogP contribution in [0.1, 0.15) is 15.9 Å². The number of carbonyl (C=O) groups is 3. The molecule has 1 aromatic heterocycles. The van der Waals surface area contributed by atoms with Gasteiger partial charge in [-0.05, 0) is 72.3 Å². The Hall–Kier alpha value is -5.59. The largest absolute Gasteiger partial charge is 0.496 e. The first-order chi connectivity index (χ1) is 23.4. The van der Waals surface area contributed by atoms with Crippen LogP contribution >= 0.6 is 23.1 Å². The number of thiazole rings is 1. The van der Waals surface area contributed by atoms with Crippen molar-refractivity contribution in [2.45, 2.75) is 4.90 Å². The van der Waals surface area contributed by atoms with Gasteiger partial charge in [-0.2, -0.15) is 0 Å². The summed E-state index contributed by atoms with van der Waals surface area (Å²) in [6, 6.07) is 28.4. The molecule has 0 aliphatic carbocycles. The minimum atomic E-state index is -0.523. The standard InChI is InChI=1S/C36H32N4O6S2/c1-44-30-12-8-7-11-27(30)29-21-48-36(39-29)40-33(41)22-47-26-16-14-25(15-17-26)37-35(43)28(38-34(42)24-9-5-4-6-10-24)19-23-13-18-31(45-2)32(20-23)46-3/h4-21H,22H2,1-3H3,(H,37,43)(H,38,42)(H,39,40,41)/b28-19-. The fourth-order valence-corrected chi connectivity index (χ4v) is 5.93. The van der Waals surface area contributed by atoms with Crippen molar-refractivity contribution < 1.29 is 28.6 Å². The van der Waals surface area contributed by atoms with Gasteiger partial charge in [0, 0.05) is 27.1 Å². The third-order valence-corrected chi connectivity index (χ3v) is 8.63. The zero-order chi connectivity index (χ0) is 33.9. The molecule has 0 spiro atoms. The van der Waals surface area contributed by atoms with Gasteiger partial charge in [-0.25, -0.2) is 4.98 Å².